The number of piperidine rings is 1. The maximum absolute atomic E-state index is 12.9. The van der Waals surface area contributed by atoms with Gasteiger partial charge in [0.05, 0.1) is 5.52 Å². The van der Waals surface area contributed by atoms with Gasteiger partial charge >= 0.3 is 0 Å². The van der Waals surface area contributed by atoms with Crippen molar-refractivity contribution in [3.63, 3.8) is 0 Å². The van der Waals surface area contributed by atoms with E-state index in [-0.39, 0.29) is 7.33 Å². The Labute approximate surface area is 165 Å². The first-order valence-electron chi connectivity index (χ1n) is 10.00. The Balaban J connectivity index is 0.00000205. The quantitative estimate of drug-likeness (QED) is 0.750. The fourth-order valence-electron chi connectivity index (χ4n) is 3.84. The predicted octanol–water partition coefficient (Wildman–Crippen LogP) is 3.86. The summed E-state index contributed by atoms with van der Waals surface area (Å²) in [5, 5.41) is 4.42. The number of carbonyl (C=O) groups is 1. The number of benzene rings is 1. The van der Waals surface area contributed by atoms with Crippen LogP contribution in [0, 0.1) is 0 Å². The van der Waals surface area contributed by atoms with Gasteiger partial charge in [-0.3, -0.25) is 9.78 Å². The minimum absolute atomic E-state index is 0. The molecule has 1 aliphatic heterocycles. The summed E-state index contributed by atoms with van der Waals surface area (Å²) in [6.07, 6.45) is 7.87. The maximum atomic E-state index is 12.9. The molecule has 3 aromatic rings. The summed E-state index contributed by atoms with van der Waals surface area (Å²) < 4.78 is 0. The van der Waals surface area contributed by atoms with Crippen molar-refractivity contribution in [1.82, 2.24) is 19.9 Å². The predicted molar refractivity (Wildman–Crippen MR) is 110 cm³/mol. The third kappa shape index (κ3) is 3.54. The van der Waals surface area contributed by atoms with E-state index in [1.165, 1.54) is 12.8 Å². The minimum Gasteiger partial charge on any atom is -0.351 e. The van der Waals surface area contributed by atoms with Gasteiger partial charge in [0.15, 0.2) is 0 Å². The van der Waals surface area contributed by atoms with Crippen LogP contribution in [0.1, 0.15) is 49.1 Å². The molecule has 3 heterocycles. The highest BCUT2D eigenvalue weighted by Crippen LogP contribution is 2.29. The van der Waals surface area contributed by atoms with Crippen molar-refractivity contribution in [3.05, 3.63) is 60.0 Å². The first kappa shape index (κ1) is 17.1. The highest BCUT2D eigenvalue weighted by Gasteiger charge is 2.26. The number of aromatic nitrogens is 3. The summed E-state index contributed by atoms with van der Waals surface area (Å²) in [6.45, 7) is 1.50. The van der Waals surface area contributed by atoms with Crippen molar-refractivity contribution < 1.29 is 6.22 Å². The molecule has 0 atom stereocenters. The molecule has 144 valence electrons. The fraction of sp³-hybridized carbons (Fsp3) is 0.364. The van der Waals surface area contributed by atoms with Crippen molar-refractivity contribution in [3.8, 4) is 0 Å². The summed E-state index contributed by atoms with van der Waals surface area (Å²) >= 11 is 0. The lowest BCUT2D eigenvalue weighted by molar-refractivity contribution is 0.0712. The molecule has 2 aliphatic rings. The zero-order valence-electron chi connectivity index (χ0n) is 15.7. The molecule has 1 N–H and O–H groups in total. The number of rotatable bonds is 4. The molecule has 2 aromatic heterocycles. The molecular weight excluding hydrogens is 350 g/mol. The van der Waals surface area contributed by atoms with Crippen LogP contribution in [0.3, 0.4) is 0 Å². The second kappa shape index (κ2) is 7.19. The topological polar surface area (TPSA) is 71.0 Å². The van der Waals surface area contributed by atoms with Crippen LogP contribution in [0.4, 0.5) is 5.95 Å². The molecule has 0 spiro atoms. The fourth-order valence-corrected chi connectivity index (χ4v) is 3.84. The molecule has 1 saturated heterocycles. The normalized spacial score (nSPS) is 17.6. The SMILES string of the molecule is O=C(c1ccc2cccnc2c1)N1CCC(c2ccnc(NC3CC3)n2)CC1.[HH]. The molecular formula is C22H25N5O. The van der Waals surface area contributed by atoms with Gasteiger partial charge in [0.2, 0.25) is 5.95 Å². The summed E-state index contributed by atoms with van der Waals surface area (Å²) in [5.74, 6) is 1.21. The van der Waals surface area contributed by atoms with Gasteiger partial charge in [-0.1, -0.05) is 12.1 Å². The molecule has 0 bridgehead atoms. The van der Waals surface area contributed by atoms with Crippen LogP contribution in [-0.4, -0.2) is 44.9 Å². The van der Waals surface area contributed by atoms with E-state index >= 15 is 0 Å². The lowest BCUT2D eigenvalue weighted by atomic mass is 9.93. The number of nitrogens with one attached hydrogen (secondary N) is 1. The van der Waals surface area contributed by atoms with E-state index < -0.39 is 0 Å². The molecule has 0 unspecified atom stereocenters. The number of pyridine rings is 1. The molecule has 0 radical (unpaired) electrons. The van der Waals surface area contributed by atoms with E-state index in [1.54, 1.807) is 6.20 Å². The summed E-state index contributed by atoms with van der Waals surface area (Å²) in [5.41, 5.74) is 2.66. The number of amides is 1. The largest absolute Gasteiger partial charge is 0.351 e. The molecule has 1 aromatic carbocycles. The van der Waals surface area contributed by atoms with E-state index in [9.17, 15) is 4.79 Å². The number of fused-ring (bicyclic) bond motifs is 1. The van der Waals surface area contributed by atoms with Crippen molar-refractivity contribution in [2.75, 3.05) is 18.4 Å². The van der Waals surface area contributed by atoms with E-state index in [4.69, 9.17) is 4.98 Å². The molecule has 2 fully saturated rings. The zero-order valence-corrected chi connectivity index (χ0v) is 15.7. The number of hydrogen-bond acceptors (Lipinski definition) is 5. The van der Waals surface area contributed by atoms with Crippen LogP contribution in [0.2, 0.25) is 0 Å². The minimum atomic E-state index is 0. The Morgan fingerprint density at radius 2 is 1.89 bits per heavy atom. The van der Waals surface area contributed by atoms with Crippen LogP contribution < -0.4 is 5.32 Å². The van der Waals surface area contributed by atoms with Gasteiger partial charge in [-0.15, -0.1) is 0 Å². The molecule has 6 nitrogen and oxygen atoms in total. The lowest BCUT2D eigenvalue weighted by Gasteiger charge is -2.32. The van der Waals surface area contributed by atoms with Crippen LogP contribution in [0.15, 0.2) is 48.8 Å². The Morgan fingerprint density at radius 3 is 2.71 bits per heavy atom. The molecule has 5 rings (SSSR count). The van der Waals surface area contributed by atoms with E-state index in [0.29, 0.717) is 17.5 Å². The smallest absolute Gasteiger partial charge is 0.253 e. The van der Waals surface area contributed by atoms with Gasteiger partial charge in [0.1, 0.15) is 0 Å². The Morgan fingerprint density at radius 1 is 1.04 bits per heavy atom. The monoisotopic (exact) mass is 375 g/mol. The van der Waals surface area contributed by atoms with Crippen LogP contribution in [0.5, 0.6) is 0 Å². The third-order valence-corrected chi connectivity index (χ3v) is 5.64. The first-order chi connectivity index (χ1) is 13.8. The lowest BCUT2D eigenvalue weighted by Crippen LogP contribution is -2.38. The molecule has 1 saturated carbocycles. The summed E-state index contributed by atoms with van der Waals surface area (Å²) in [7, 11) is 0. The third-order valence-electron chi connectivity index (χ3n) is 5.64. The standard InChI is InChI=1S/C22H23N5O.H2/c28-21(17-4-3-15-2-1-10-23-20(15)14-17)27-12-8-16(9-13-27)19-7-11-24-22(26-19)25-18-5-6-18;/h1-4,7,10-11,14,16,18H,5-6,8-9,12-13H2,(H,24,25,26);1H. The van der Waals surface area contributed by atoms with Crippen LogP contribution in [0.25, 0.3) is 10.9 Å². The van der Waals surface area contributed by atoms with Crippen molar-refractivity contribution >= 4 is 22.8 Å². The van der Waals surface area contributed by atoms with Gasteiger partial charge in [-0.05, 0) is 49.9 Å². The van der Waals surface area contributed by atoms with Gasteiger partial charge in [0, 0.05) is 55.5 Å². The van der Waals surface area contributed by atoms with E-state index in [0.717, 1.165) is 48.5 Å². The second-order valence-electron chi connectivity index (χ2n) is 7.70. The highest BCUT2D eigenvalue weighted by molar-refractivity contribution is 5.97. The number of hydrogen-bond donors (Lipinski definition) is 1. The molecule has 1 amide bonds. The number of likely N-dealkylation sites (tertiary alicyclic amines) is 1. The maximum Gasteiger partial charge on any atom is 0.253 e. The van der Waals surface area contributed by atoms with Gasteiger partial charge < -0.3 is 10.2 Å². The van der Waals surface area contributed by atoms with Crippen LogP contribution in [-0.2, 0) is 0 Å². The molecule has 1 aliphatic carbocycles. The number of nitrogens with zero attached hydrogens (tertiary/aromatic N) is 4. The average Bonchev–Trinajstić information content (AvgIpc) is 3.57. The molecule has 6 heteroatoms. The summed E-state index contributed by atoms with van der Waals surface area (Å²) in [6, 6.07) is 12.2. The highest BCUT2D eigenvalue weighted by atomic mass is 16.2. The average molecular weight is 375 g/mol. The zero-order chi connectivity index (χ0) is 18.9. The van der Waals surface area contributed by atoms with Crippen LogP contribution >= 0.6 is 0 Å². The first-order valence-corrected chi connectivity index (χ1v) is 10.00. The van der Waals surface area contributed by atoms with Crippen molar-refractivity contribution in [1.29, 1.82) is 0 Å². The van der Waals surface area contributed by atoms with E-state index in [2.05, 4.69) is 15.3 Å². The number of carbonyl (C=O) groups excluding carboxylic acids is 1. The van der Waals surface area contributed by atoms with Crippen molar-refractivity contribution in [2.24, 2.45) is 0 Å². The van der Waals surface area contributed by atoms with Gasteiger partial charge in [-0.25, -0.2) is 9.97 Å². The van der Waals surface area contributed by atoms with Crippen molar-refractivity contribution in [2.45, 2.75) is 37.6 Å². The second-order valence-corrected chi connectivity index (χ2v) is 7.70. The van der Waals surface area contributed by atoms with Gasteiger partial charge in [-0.2, -0.15) is 0 Å². The Bertz CT molecular complexity index is 1010. The van der Waals surface area contributed by atoms with Gasteiger partial charge in [0.25, 0.3) is 5.91 Å². The summed E-state index contributed by atoms with van der Waals surface area (Å²) in [4.78, 5) is 28.3. The molecule has 28 heavy (non-hydrogen) atoms. The number of anilines is 1. The van der Waals surface area contributed by atoms with E-state index in [1.807, 2.05) is 47.5 Å². The Kier molecular flexibility index (Phi) is 4.39. The Hall–Kier alpha value is -3.02.